The fraction of sp³-hybridized carbons (Fsp3) is 0.417. The van der Waals surface area contributed by atoms with E-state index in [1.807, 2.05) is 26.0 Å². The quantitative estimate of drug-likeness (QED) is 0.529. The lowest BCUT2D eigenvalue weighted by Crippen LogP contribution is -1.96. The van der Waals surface area contributed by atoms with E-state index >= 15 is 0 Å². The standard InChI is InChI=1S/C12H17NO/c1-4-11-5-7-12(8-6-11)9-13-14-10(2)3/h5-10H,4H2,1-3H3/b13-9+. The second-order valence-corrected chi connectivity index (χ2v) is 3.48. The minimum atomic E-state index is 0.140. The largest absolute Gasteiger partial charge is 0.393 e. The first-order chi connectivity index (χ1) is 6.72. The second kappa shape index (κ2) is 5.43. The molecule has 0 bridgehead atoms. The van der Waals surface area contributed by atoms with Gasteiger partial charge in [0.15, 0.2) is 0 Å². The Kier molecular flexibility index (Phi) is 4.17. The van der Waals surface area contributed by atoms with Crippen molar-refractivity contribution < 1.29 is 4.84 Å². The SMILES string of the molecule is CCc1ccc(/C=N/OC(C)C)cc1. The van der Waals surface area contributed by atoms with Crippen LogP contribution in [0, 0.1) is 0 Å². The molecule has 0 heterocycles. The highest BCUT2D eigenvalue weighted by Crippen LogP contribution is 2.03. The molecule has 0 aromatic heterocycles. The summed E-state index contributed by atoms with van der Waals surface area (Å²) in [5.41, 5.74) is 2.41. The number of nitrogens with zero attached hydrogens (tertiary/aromatic N) is 1. The molecule has 0 radical (unpaired) electrons. The smallest absolute Gasteiger partial charge is 0.122 e. The van der Waals surface area contributed by atoms with E-state index < -0.39 is 0 Å². The normalized spacial score (nSPS) is 11.1. The maximum absolute atomic E-state index is 5.07. The summed E-state index contributed by atoms with van der Waals surface area (Å²) in [5.74, 6) is 0. The van der Waals surface area contributed by atoms with E-state index in [1.54, 1.807) is 6.21 Å². The van der Waals surface area contributed by atoms with Gasteiger partial charge in [0.05, 0.1) is 6.21 Å². The molecule has 0 N–H and O–H groups in total. The Morgan fingerprint density at radius 2 is 1.93 bits per heavy atom. The van der Waals surface area contributed by atoms with Gasteiger partial charge in [-0.05, 0) is 31.4 Å². The third kappa shape index (κ3) is 3.60. The molecule has 1 rings (SSSR count). The maximum Gasteiger partial charge on any atom is 0.122 e. The summed E-state index contributed by atoms with van der Waals surface area (Å²) in [5, 5.41) is 3.87. The number of hydrogen-bond donors (Lipinski definition) is 0. The molecule has 0 saturated carbocycles. The molecular formula is C12H17NO. The third-order valence-corrected chi connectivity index (χ3v) is 1.86. The zero-order valence-corrected chi connectivity index (χ0v) is 9.03. The van der Waals surface area contributed by atoms with Gasteiger partial charge in [-0.25, -0.2) is 0 Å². The summed E-state index contributed by atoms with van der Waals surface area (Å²) in [6, 6.07) is 8.31. The molecule has 1 aromatic carbocycles. The van der Waals surface area contributed by atoms with Crippen LogP contribution in [0.4, 0.5) is 0 Å². The van der Waals surface area contributed by atoms with Crippen LogP contribution in [0.2, 0.25) is 0 Å². The lowest BCUT2D eigenvalue weighted by molar-refractivity contribution is 0.0874. The summed E-state index contributed by atoms with van der Waals surface area (Å²) in [6.45, 7) is 6.06. The molecular weight excluding hydrogens is 174 g/mol. The number of benzene rings is 1. The zero-order chi connectivity index (χ0) is 10.4. The van der Waals surface area contributed by atoms with Gasteiger partial charge in [0.25, 0.3) is 0 Å². The van der Waals surface area contributed by atoms with E-state index in [0.29, 0.717) is 0 Å². The lowest BCUT2D eigenvalue weighted by Gasteiger charge is -2.00. The Hall–Kier alpha value is -1.31. The van der Waals surface area contributed by atoms with Gasteiger partial charge >= 0.3 is 0 Å². The summed E-state index contributed by atoms with van der Waals surface area (Å²) in [4.78, 5) is 5.07. The number of hydrogen-bond acceptors (Lipinski definition) is 2. The highest BCUT2D eigenvalue weighted by atomic mass is 16.6. The molecule has 14 heavy (non-hydrogen) atoms. The number of rotatable bonds is 4. The van der Waals surface area contributed by atoms with E-state index in [-0.39, 0.29) is 6.10 Å². The Bertz CT molecular complexity index is 288. The van der Waals surface area contributed by atoms with Crippen molar-refractivity contribution in [2.75, 3.05) is 0 Å². The predicted molar refractivity (Wildman–Crippen MR) is 59.6 cm³/mol. The van der Waals surface area contributed by atoms with Gasteiger partial charge in [-0.2, -0.15) is 0 Å². The van der Waals surface area contributed by atoms with Gasteiger partial charge in [0, 0.05) is 0 Å². The van der Waals surface area contributed by atoms with Crippen LogP contribution in [0.25, 0.3) is 0 Å². The van der Waals surface area contributed by atoms with Gasteiger partial charge in [-0.1, -0.05) is 36.3 Å². The summed E-state index contributed by atoms with van der Waals surface area (Å²) in [6.07, 6.45) is 2.94. The van der Waals surface area contributed by atoms with Gasteiger partial charge < -0.3 is 4.84 Å². The van der Waals surface area contributed by atoms with Crippen molar-refractivity contribution in [3.63, 3.8) is 0 Å². The van der Waals surface area contributed by atoms with E-state index in [4.69, 9.17) is 4.84 Å². The highest BCUT2D eigenvalue weighted by molar-refractivity contribution is 5.79. The van der Waals surface area contributed by atoms with Crippen LogP contribution < -0.4 is 0 Å². The second-order valence-electron chi connectivity index (χ2n) is 3.48. The zero-order valence-electron chi connectivity index (χ0n) is 9.03. The fourth-order valence-corrected chi connectivity index (χ4v) is 1.05. The molecule has 0 amide bonds. The van der Waals surface area contributed by atoms with Crippen LogP contribution in [0.3, 0.4) is 0 Å². The third-order valence-electron chi connectivity index (χ3n) is 1.86. The molecule has 0 aliphatic heterocycles. The van der Waals surface area contributed by atoms with Crippen LogP contribution >= 0.6 is 0 Å². The predicted octanol–water partition coefficient (Wildman–Crippen LogP) is 3.01. The molecule has 2 heteroatoms. The molecule has 1 aromatic rings. The number of aryl methyl sites for hydroxylation is 1. The Balaban J connectivity index is 2.55. The van der Waals surface area contributed by atoms with E-state index in [2.05, 4.69) is 24.2 Å². The van der Waals surface area contributed by atoms with Gasteiger partial charge in [-0.3, -0.25) is 0 Å². The molecule has 0 unspecified atom stereocenters. The molecule has 0 atom stereocenters. The first kappa shape index (κ1) is 10.8. The van der Waals surface area contributed by atoms with E-state index in [0.717, 1.165) is 12.0 Å². The summed E-state index contributed by atoms with van der Waals surface area (Å²) in [7, 11) is 0. The minimum Gasteiger partial charge on any atom is -0.393 e. The van der Waals surface area contributed by atoms with Crippen LogP contribution in [0.5, 0.6) is 0 Å². The highest BCUT2D eigenvalue weighted by Gasteiger charge is 1.91. The van der Waals surface area contributed by atoms with Crippen LogP contribution in [0.15, 0.2) is 29.4 Å². The Labute approximate surface area is 85.6 Å². The molecule has 2 nitrogen and oxygen atoms in total. The average molecular weight is 191 g/mol. The summed E-state index contributed by atoms with van der Waals surface area (Å²) < 4.78 is 0. The monoisotopic (exact) mass is 191 g/mol. The Morgan fingerprint density at radius 1 is 1.29 bits per heavy atom. The van der Waals surface area contributed by atoms with Crippen molar-refractivity contribution in [3.8, 4) is 0 Å². The first-order valence-electron chi connectivity index (χ1n) is 5.00. The molecule has 0 aliphatic carbocycles. The molecule has 0 fully saturated rings. The van der Waals surface area contributed by atoms with Crippen molar-refractivity contribution in [2.45, 2.75) is 33.3 Å². The molecule has 0 saturated heterocycles. The van der Waals surface area contributed by atoms with E-state index in [9.17, 15) is 0 Å². The van der Waals surface area contributed by atoms with Crippen molar-refractivity contribution >= 4 is 6.21 Å². The molecule has 0 aliphatic rings. The topological polar surface area (TPSA) is 21.6 Å². The van der Waals surface area contributed by atoms with Crippen LogP contribution in [-0.4, -0.2) is 12.3 Å². The number of oxime groups is 1. The first-order valence-corrected chi connectivity index (χ1v) is 5.00. The van der Waals surface area contributed by atoms with Gasteiger partial charge in [0.2, 0.25) is 0 Å². The molecule has 0 spiro atoms. The Morgan fingerprint density at radius 3 is 2.43 bits per heavy atom. The van der Waals surface area contributed by atoms with Gasteiger partial charge in [-0.15, -0.1) is 0 Å². The summed E-state index contributed by atoms with van der Waals surface area (Å²) >= 11 is 0. The van der Waals surface area contributed by atoms with Gasteiger partial charge in [0.1, 0.15) is 6.10 Å². The van der Waals surface area contributed by atoms with E-state index in [1.165, 1.54) is 5.56 Å². The van der Waals surface area contributed by atoms with Crippen molar-refractivity contribution in [1.82, 2.24) is 0 Å². The maximum atomic E-state index is 5.07. The van der Waals surface area contributed by atoms with Crippen molar-refractivity contribution in [1.29, 1.82) is 0 Å². The molecule has 76 valence electrons. The lowest BCUT2D eigenvalue weighted by atomic mass is 10.1. The van der Waals surface area contributed by atoms with Crippen molar-refractivity contribution in [3.05, 3.63) is 35.4 Å². The van der Waals surface area contributed by atoms with Crippen molar-refractivity contribution in [2.24, 2.45) is 5.16 Å². The minimum absolute atomic E-state index is 0.140. The van der Waals surface area contributed by atoms with Crippen LogP contribution in [0.1, 0.15) is 31.9 Å². The van der Waals surface area contributed by atoms with Crippen LogP contribution in [-0.2, 0) is 11.3 Å². The average Bonchev–Trinajstić information content (AvgIpc) is 2.18. The fourth-order valence-electron chi connectivity index (χ4n) is 1.05.